The molecule has 1 aromatic carbocycles. The first-order valence-electron chi connectivity index (χ1n) is 4.42. The highest BCUT2D eigenvalue weighted by molar-refractivity contribution is 7.80. The second-order valence-corrected chi connectivity index (χ2v) is 3.48. The molecule has 0 spiro atoms. The van der Waals surface area contributed by atoms with Crippen LogP contribution in [0.1, 0.15) is 0 Å². The molecule has 0 saturated carbocycles. The van der Waals surface area contributed by atoms with Crippen LogP contribution in [0.4, 0.5) is 5.69 Å². The van der Waals surface area contributed by atoms with Crippen molar-refractivity contribution in [3.63, 3.8) is 0 Å². The van der Waals surface area contributed by atoms with E-state index < -0.39 is 0 Å². The fraction of sp³-hybridized carbons (Fsp3) is 0. The Labute approximate surface area is 92.5 Å². The number of thiocarbonyl (C=S) groups is 1. The van der Waals surface area contributed by atoms with Crippen molar-refractivity contribution in [2.24, 2.45) is 5.73 Å². The number of benzene rings is 1. The van der Waals surface area contributed by atoms with E-state index in [1.165, 1.54) is 0 Å². The minimum Gasteiger partial charge on any atom is -0.376 e. The highest BCUT2D eigenvalue weighted by atomic mass is 32.1. The average Bonchev–Trinajstić information content (AvgIpc) is 2.71. The van der Waals surface area contributed by atoms with Crippen molar-refractivity contribution in [3.05, 3.63) is 36.5 Å². The van der Waals surface area contributed by atoms with Crippen molar-refractivity contribution in [2.75, 3.05) is 5.32 Å². The van der Waals surface area contributed by atoms with Gasteiger partial charge in [-0.25, -0.2) is 0 Å². The molecule has 0 aliphatic rings. The van der Waals surface area contributed by atoms with Crippen LogP contribution in [0.2, 0.25) is 0 Å². The van der Waals surface area contributed by atoms with Crippen molar-refractivity contribution in [1.29, 1.82) is 0 Å². The van der Waals surface area contributed by atoms with Gasteiger partial charge in [0.1, 0.15) is 0 Å². The Bertz CT molecular complexity index is 447. The van der Waals surface area contributed by atoms with Crippen molar-refractivity contribution < 1.29 is 0 Å². The van der Waals surface area contributed by atoms with Gasteiger partial charge in [0, 0.05) is 11.9 Å². The molecule has 0 radical (unpaired) electrons. The van der Waals surface area contributed by atoms with E-state index >= 15 is 0 Å². The van der Waals surface area contributed by atoms with Gasteiger partial charge in [0.05, 0.1) is 5.69 Å². The smallest absolute Gasteiger partial charge is 0.168 e. The zero-order chi connectivity index (χ0) is 10.7. The molecule has 0 atom stereocenters. The van der Waals surface area contributed by atoms with Gasteiger partial charge in [0.2, 0.25) is 0 Å². The van der Waals surface area contributed by atoms with Gasteiger partial charge in [-0.15, -0.1) is 0 Å². The first-order chi connectivity index (χ1) is 7.25. The predicted octanol–water partition coefficient (Wildman–Crippen LogP) is 1.73. The van der Waals surface area contributed by atoms with Gasteiger partial charge < -0.3 is 11.1 Å². The molecule has 5 heteroatoms. The molecule has 4 nitrogen and oxygen atoms in total. The zero-order valence-corrected chi connectivity index (χ0v) is 8.71. The Morgan fingerprint density at radius 3 is 2.53 bits per heavy atom. The summed E-state index contributed by atoms with van der Waals surface area (Å²) >= 11 is 4.74. The summed E-state index contributed by atoms with van der Waals surface area (Å²) in [4.78, 5) is 0. The van der Waals surface area contributed by atoms with Gasteiger partial charge in [-0.3, -0.25) is 5.10 Å². The number of H-pyrrole nitrogens is 1. The van der Waals surface area contributed by atoms with Crippen LogP contribution in [0.15, 0.2) is 36.5 Å². The summed E-state index contributed by atoms with van der Waals surface area (Å²) < 4.78 is 0. The summed E-state index contributed by atoms with van der Waals surface area (Å²) in [5.74, 6) is 0. The normalized spacial score (nSPS) is 9.87. The Hall–Kier alpha value is -1.88. The van der Waals surface area contributed by atoms with Crippen LogP contribution in [-0.4, -0.2) is 15.3 Å². The molecule has 0 fully saturated rings. The first kappa shape index (κ1) is 9.67. The second kappa shape index (κ2) is 4.10. The van der Waals surface area contributed by atoms with E-state index in [0.29, 0.717) is 0 Å². The number of nitrogens with one attached hydrogen (secondary N) is 2. The minimum absolute atomic E-state index is 0.268. The Balaban J connectivity index is 2.21. The van der Waals surface area contributed by atoms with Gasteiger partial charge in [-0.05, 0) is 36.0 Å². The van der Waals surface area contributed by atoms with Crippen molar-refractivity contribution >= 4 is 23.0 Å². The fourth-order valence-electron chi connectivity index (χ4n) is 1.29. The van der Waals surface area contributed by atoms with Crippen molar-refractivity contribution in [1.82, 2.24) is 10.2 Å². The van der Waals surface area contributed by atoms with E-state index in [9.17, 15) is 0 Å². The van der Waals surface area contributed by atoms with Gasteiger partial charge in [0.25, 0.3) is 0 Å². The molecule has 1 aromatic heterocycles. The van der Waals surface area contributed by atoms with E-state index in [2.05, 4.69) is 15.5 Å². The van der Waals surface area contributed by atoms with Gasteiger partial charge in [-0.1, -0.05) is 12.1 Å². The molecule has 0 amide bonds. The number of aromatic amines is 1. The van der Waals surface area contributed by atoms with Crippen LogP contribution in [-0.2, 0) is 0 Å². The summed E-state index contributed by atoms with van der Waals surface area (Å²) in [6.07, 6.45) is 1.72. The SMILES string of the molecule is NC(=S)Nc1ccc(-c2ccn[nH]2)cc1. The molecule has 2 rings (SSSR count). The molecule has 15 heavy (non-hydrogen) atoms. The van der Waals surface area contributed by atoms with Gasteiger partial charge in [-0.2, -0.15) is 5.10 Å². The third-order valence-corrected chi connectivity index (χ3v) is 2.07. The van der Waals surface area contributed by atoms with Gasteiger partial charge >= 0.3 is 0 Å². The van der Waals surface area contributed by atoms with Crippen molar-refractivity contribution in [2.45, 2.75) is 0 Å². The summed E-state index contributed by atoms with van der Waals surface area (Å²) in [7, 11) is 0. The minimum atomic E-state index is 0.268. The zero-order valence-electron chi connectivity index (χ0n) is 7.90. The van der Waals surface area contributed by atoms with Crippen LogP contribution >= 0.6 is 12.2 Å². The lowest BCUT2D eigenvalue weighted by molar-refractivity contribution is 1.10. The standard InChI is InChI=1S/C10H10N4S/c11-10(15)13-8-3-1-7(2-4-8)9-5-6-12-14-9/h1-6H,(H,12,14)(H3,11,13,15). The topological polar surface area (TPSA) is 66.7 Å². The molecule has 0 aliphatic heterocycles. The summed E-state index contributed by atoms with van der Waals surface area (Å²) in [5.41, 5.74) is 8.30. The van der Waals surface area contributed by atoms with E-state index in [4.69, 9.17) is 18.0 Å². The molecular weight excluding hydrogens is 208 g/mol. The largest absolute Gasteiger partial charge is 0.376 e. The van der Waals surface area contributed by atoms with Crippen LogP contribution in [0.5, 0.6) is 0 Å². The predicted molar refractivity (Wildman–Crippen MR) is 64.4 cm³/mol. The van der Waals surface area contributed by atoms with E-state index in [-0.39, 0.29) is 5.11 Å². The first-order valence-corrected chi connectivity index (χ1v) is 4.83. The third-order valence-electron chi connectivity index (χ3n) is 1.96. The molecule has 1 heterocycles. The highest BCUT2D eigenvalue weighted by Gasteiger charge is 1.98. The maximum absolute atomic E-state index is 5.36. The van der Waals surface area contributed by atoms with Crippen LogP contribution in [0.25, 0.3) is 11.3 Å². The van der Waals surface area contributed by atoms with E-state index in [0.717, 1.165) is 16.9 Å². The van der Waals surface area contributed by atoms with E-state index in [1.54, 1.807) is 6.20 Å². The van der Waals surface area contributed by atoms with E-state index in [1.807, 2.05) is 30.3 Å². The maximum Gasteiger partial charge on any atom is 0.168 e. The number of aromatic nitrogens is 2. The Kier molecular flexibility index (Phi) is 2.64. The fourth-order valence-corrected chi connectivity index (χ4v) is 1.41. The molecular formula is C10H10N4S. The molecule has 0 aliphatic carbocycles. The summed E-state index contributed by atoms with van der Waals surface area (Å²) in [5, 5.41) is 9.91. The monoisotopic (exact) mass is 218 g/mol. The third kappa shape index (κ3) is 2.32. The average molecular weight is 218 g/mol. The maximum atomic E-state index is 5.36. The van der Waals surface area contributed by atoms with Gasteiger partial charge in [0.15, 0.2) is 5.11 Å². The molecule has 0 bridgehead atoms. The lowest BCUT2D eigenvalue weighted by atomic mass is 10.1. The number of nitrogens with zero attached hydrogens (tertiary/aromatic N) is 1. The molecule has 0 unspecified atom stereocenters. The van der Waals surface area contributed by atoms with Crippen LogP contribution in [0, 0.1) is 0 Å². The Morgan fingerprint density at radius 1 is 1.27 bits per heavy atom. The molecule has 76 valence electrons. The molecule has 0 saturated heterocycles. The number of hydrogen-bond donors (Lipinski definition) is 3. The highest BCUT2D eigenvalue weighted by Crippen LogP contribution is 2.18. The number of hydrogen-bond acceptors (Lipinski definition) is 2. The number of rotatable bonds is 2. The quantitative estimate of drug-likeness (QED) is 0.672. The second-order valence-electron chi connectivity index (χ2n) is 3.04. The molecule has 2 aromatic rings. The molecule has 4 N–H and O–H groups in total. The van der Waals surface area contributed by atoms with Crippen molar-refractivity contribution in [3.8, 4) is 11.3 Å². The van der Waals surface area contributed by atoms with Crippen LogP contribution in [0.3, 0.4) is 0 Å². The number of anilines is 1. The number of nitrogens with two attached hydrogens (primary N) is 1. The lowest BCUT2D eigenvalue weighted by Crippen LogP contribution is -2.18. The summed E-state index contributed by atoms with van der Waals surface area (Å²) in [6, 6.07) is 9.67. The summed E-state index contributed by atoms with van der Waals surface area (Å²) in [6.45, 7) is 0. The Morgan fingerprint density at radius 2 is 2.00 bits per heavy atom. The van der Waals surface area contributed by atoms with Crippen LogP contribution < -0.4 is 11.1 Å². The lowest BCUT2D eigenvalue weighted by Gasteiger charge is -2.04.